The number of hydrogen-bond donors (Lipinski definition) is 1. The maximum atomic E-state index is 12.7. The molecule has 0 spiro atoms. The second-order valence-electron chi connectivity index (χ2n) is 6.09. The van der Waals surface area contributed by atoms with Crippen molar-refractivity contribution in [3.8, 4) is 0 Å². The molecular weight excluding hydrogens is 244 g/mol. The van der Waals surface area contributed by atoms with Gasteiger partial charge >= 0.3 is 0 Å². The molecular formula is C14H24N2O3. The topological polar surface area (TPSA) is 58.6 Å². The molecule has 1 saturated heterocycles. The summed E-state index contributed by atoms with van der Waals surface area (Å²) in [5.74, 6) is 0.654. The lowest BCUT2D eigenvalue weighted by atomic mass is 9.93. The fourth-order valence-electron chi connectivity index (χ4n) is 2.90. The zero-order valence-electron chi connectivity index (χ0n) is 12.1. The zero-order valence-corrected chi connectivity index (χ0v) is 12.1. The van der Waals surface area contributed by atoms with Crippen LogP contribution in [0.5, 0.6) is 0 Å². The van der Waals surface area contributed by atoms with E-state index in [-0.39, 0.29) is 17.7 Å². The summed E-state index contributed by atoms with van der Waals surface area (Å²) in [7, 11) is 1.67. The van der Waals surface area contributed by atoms with E-state index >= 15 is 0 Å². The highest BCUT2D eigenvalue weighted by atomic mass is 16.5. The normalized spacial score (nSPS) is 29.9. The van der Waals surface area contributed by atoms with Crippen molar-refractivity contribution in [2.75, 3.05) is 26.8 Å². The van der Waals surface area contributed by atoms with Gasteiger partial charge < -0.3 is 15.0 Å². The maximum absolute atomic E-state index is 12.7. The predicted molar refractivity (Wildman–Crippen MR) is 71.5 cm³/mol. The van der Waals surface area contributed by atoms with Crippen LogP contribution >= 0.6 is 0 Å². The minimum absolute atomic E-state index is 0.00959. The number of carbonyl (C=O) groups excluding carboxylic acids is 2. The Kier molecular flexibility index (Phi) is 4.13. The zero-order chi connectivity index (χ0) is 14.0. The van der Waals surface area contributed by atoms with Gasteiger partial charge in [-0.05, 0) is 31.6 Å². The number of nitrogens with one attached hydrogen (secondary N) is 1. The van der Waals surface area contributed by atoms with Crippen LogP contribution in [0.2, 0.25) is 0 Å². The Morgan fingerprint density at radius 3 is 2.74 bits per heavy atom. The third-order valence-corrected chi connectivity index (χ3v) is 4.12. The van der Waals surface area contributed by atoms with Gasteiger partial charge in [-0.1, -0.05) is 6.92 Å². The van der Waals surface area contributed by atoms with Crippen LogP contribution in [0.15, 0.2) is 0 Å². The first-order valence-corrected chi connectivity index (χ1v) is 7.06. The minimum Gasteiger partial charge on any atom is -0.384 e. The van der Waals surface area contributed by atoms with E-state index < -0.39 is 5.54 Å². The molecule has 19 heavy (non-hydrogen) atoms. The van der Waals surface area contributed by atoms with Crippen LogP contribution in [0.25, 0.3) is 0 Å². The van der Waals surface area contributed by atoms with Gasteiger partial charge in [0.1, 0.15) is 5.54 Å². The molecule has 2 fully saturated rings. The largest absolute Gasteiger partial charge is 0.384 e. The van der Waals surface area contributed by atoms with Crippen molar-refractivity contribution in [3.63, 3.8) is 0 Å². The lowest BCUT2D eigenvalue weighted by Crippen LogP contribution is -2.57. The molecule has 5 nitrogen and oxygen atoms in total. The lowest BCUT2D eigenvalue weighted by Gasteiger charge is -2.33. The van der Waals surface area contributed by atoms with Crippen molar-refractivity contribution in [2.24, 2.45) is 11.8 Å². The highest BCUT2D eigenvalue weighted by Crippen LogP contribution is 2.41. The van der Waals surface area contributed by atoms with Gasteiger partial charge in [-0.3, -0.25) is 9.59 Å². The summed E-state index contributed by atoms with van der Waals surface area (Å²) in [4.78, 5) is 26.4. The molecule has 0 radical (unpaired) electrons. The van der Waals surface area contributed by atoms with Crippen LogP contribution in [0.1, 0.15) is 33.1 Å². The Labute approximate surface area is 114 Å². The Hall–Kier alpha value is -1.10. The second-order valence-corrected chi connectivity index (χ2v) is 6.09. The highest BCUT2D eigenvalue weighted by Gasteiger charge is 2.51. The molecule has 2 aliphatic rings. The molecule has 2 amide bonds. The Bertz CT molecular complexity index is 368. The van der Waals surface area contributed by atoms with E-state index in [0.717, 1.165) is 12.8 Å². The third-order valence-electron chi connectivity index (χ3n) is 4.12. The first kappa shape index (κ1) is 14.3. The fourth-order valence-corrected chi connectivity index (χ4v) is 2.90. The number of methoxy groups -OCH3 is 1. The Morgan fingerprint density at radius 1 is 1.47 bits per heavy atom. The number of amides is 2. The summed E-state index contributed by atoms with van der Waals surface area (Å²) < 4.78 is 5.12. The van der Waals surface area contributed by atoms with Gasteiger partial charge in [0.05, 0.1) is 6.61 Å². The van der Waals surface area contributed by atoms with Crippen LogP contribution in [0, 0.1) is 11.8 Å². The van der Waals surface area contributed by atoms with Crippen LogP contribution in [-0.4, -0.2) is 49.1 Å². The second kappa shape index (κ2) is 5.49. The summed E-state index contributed by atoms with van der Waals surface area (Å²) >= 11 is 0. The predicted octanol–water partition coefficient (Wildman–Crippen LogP) is 0.786. The van der Waals surface area contributed by atoms with Crippen LogP contribution < -0.4 is 5.32 Å². The van der Waals surface area contributed by atoms with Gasteiger partial charge in [-0.25, -0.2) is 0 Å². The van der Waals surface area contributed by atoms with Gasteiger partial charge in [0.25, 0.3) is 0 Å². The van der Waals surface area contributed by atoms with Crippen molar-refractivity contribution in [2.45, 2.75) is 38.6 Å². The molecule has 2 rings (SSSR count). The van der Waals surface area contributed by atoms with E-state index in [1.165, 1.54) is 0 Å². The average Bonchev–Trinajstić information content (AvgIpc) is 3.17. The fraction of sp³-hybridized carbons (Fsp3) is 0.857. The Balaban J connectivity index is 2.10. The number of carbonyl (C=O) groups is 2. The maximum Gasteiger partial charge on any atom is 0.248 e. The molecule has 5 heteroatoms. The third kappa shape index (κ3) is 3.08. The molecule has 0 aromatic heterocycles. The van der Waals surface area contributed by atoms with E-state index in [4.69, 9.17) is 4.74 Å². The van der Waals surface area contributed by atoms with E-state index in [2.05, 4.69) is 12.2 Å². The molecule has 2 atom stereocenters. The van der Waals surface area contributed by atoms with Crippen molar-refractivity contribution in [1.29, 1.82) is 0 Å². The summed E-state index contributed by atoms with van der Waals surface area (Å²) in [6.45, 7) is 5.74. The van der Waals surface area contributed by atoms with Gasteiger partial charge in [0.2, 0.25) is 11.8 Å². The first-order valence-electron chi connectivity index (χ1n) is 7.06. The molecule has 1 aliphatic carbocycles. The van der Waals surface area contributed by atoms with E-state index in [0.29, 0.717) is 32.0 Å². The minimum atomic E-state index is -0.694. The summed E-state index contributed by atoms with van der Waals surface area (Å²) in [5.41, 5.74) is -0.694. The number of nitrogens with zero attached hydrogens (tertiary/aromatic N) is 1. The summed E-state index contributed by atoms with van der Waals surface area (Å²) in [5, 5.41) is 2.94. The van der Waals surface area contributed by atoms with Gasteiger partial charge in [-0.2, -0.15) is 0 Å². The van der Waals surface area contributed by atoms with Crippen molar-refractivity contribution in [3.05, 3.63) is 0 Å². The quantitative estimate of drug-likeness (QED) is 0.802. The van der Waals surface area contributed by atoms with E-state index in [1.54, 1.807) is 7.11 Å². The van der Waals surface area contributed by atoms with Crippen molar-refractivity contribution < 1.29 is 14.3 Å². The van der Waals surface area contributed by atoms with Crippen LogP contribution in [0.4, 0.5) is 0 Å². The van der Waals surface area contributed by atoms with Gasteiger partial charge in [0.15, 0.2) is 0 Å². The summed E-state index contributed by atoms with van der Waals surface area (Å²) in [6, 6.07) is 0. The SMILES string of the molecule is COCC(C)CN1CCC(=O)NC(C)(C2CC2)C1=O. The molecule has 1 N–H and O–H groups in total. The molecule has 1 saturated carbocycles. The average molecular weight is 268 g/mol. The van der Waals surface area contributed by atoms with E-state index in [1.807, 2.05) is 11.8 Å². The first-order chi connectivity index (χ1) is 8.97. The highest BCUT2D eigenvalue weighted by molar-refractivity contribution is 5.93. The molecule has 0 bridgehead atoms. The van der Waals surface area contributed by atoms with Gasteiger partial charge in [-0.15, -0.1) is 0 Å². The smallest absolute Gasteiger partial charge is 0.248 e. The monoisotopic (exact) mass is 268 g/mol. The Morgan fingerprint density at radius 2 is 2.16 bits per heavy atom. The molecule has 0 aromatic rings. The molecule has 0 aromatic carbocycles. The molecule has 1 heterocycles. The molecule has 2 unspecified atom stereocenters. The summed E-state index contributed by atoms with van der Waals surface area (Å²) in [6.07, 6.45) is 2.46. The lowest BCUT2D eigenvalue weighted by molar-refractivity contribution is -0.139. The van der Waals surface area contributed by atoms with Crippen molar-refractivity contribution in [1.82, 2.24) is 10.2 Å². The molecule has 108 valence electrons. The van der Waals surface area contributed by atoms with Crippen molar-refractivity contribution >= 4 is 11.8 Å². The standard InChI is InChI=1S/C14H24N2O3/c1-10(9-19-3)8-16-7-6-12(17)15-14(2,13(16)18)11-4-5-11/h10-11H,4-9H2,1-3H3,(H,15,17). The van der Waals surface area contributed by atoms with E-state index in [9.17, 15) is 9.59 Å². The van der Waals surface area contributed by atoms with Crippen LogP contribution in [0.3, 0.4) is 0 Å². The number of ether oxygens (including phenoxy) is 1. The van der Waals surface area contributed by atoms with Crippen LogP contribution in [-0.2, 0) is 14.3 Å². The number of hydrogen-bond acceptors (Lipinski definition) is 3. The number of rotatable bonds is 5. The van der Waals surface area contributed by atoms with Gasteiger partial charge in [0, 0.05) is 26.6 Å². The molecule has 1 aliphatic heterocycles.